The van der Waals surface area contributed by atoms with Crippen molar-refractivity contribution in [1.82, 2.24) is 4.98 Å². The van der Waals surface area contributed by atoms with E-state index in [0.717, 1.165) is 5.75 Å². The van der Waals surface area contributed by atoms with Crippen molar-refractivity contribution in [1.29, 1.82) is 0 Å². The highest BCUT2D eigenvalue weighted by Crippen LogP contribution is 2.21. The van der Waals surface area contributed by atoms with Crippen molar-refractivity contribution in [3.05, 3.63) is 24.5 Å². The van der Waals surface area contributed by atoms with Gasteiger partial charge in [-0.15, -0.1) is 0 Å². The van der Waals surface area contributed by atoms with Gasteiger partial charge in [-0.1, -0.05) is 0 Å². The van der Waals surface area contributed by atoms with Crippen LogP contribution in [0.3, 0.4) is 0 Å². The molecule has 0 bridgehead atoms. The Kier molecular flexibility index (Phi) is 1.78. The average Bonchev–Trinajstić information content (AvgIpc) is 2.04. The van der Waals surface area contributed by atoms with Gasteiger partial charge in [0.15, 0.2) is 0 Å². The summed E-state index contributed by atoms with van der Waals surface area (Å²) < 4.78 is 5.46. The van der Waals surface area contributed by atoms with E-state index < -0.39 is 0 Å². The van der Waals surface area contributed by atoms with E-state index >= 15 is 0 Å². The van der Waals surface area contributed by atoms with E-state index in [9.17, 15) is 4.79 Å². The molecule has 1 saturated carbocycles. The van der Waals surface area contributed by atoms with E-state index in [-0.39, 0.29) is 11.9 Å². The topological polar surface area (TPSA) is 39.2 Å². The lowest BCUT2D eigenvalue weighted by Gasteiger charge is -2.24. The summed E-state index contributed by atoms with van der Waals surface area (Å²) in [6.45, 7) is 0. The highest BCUT2D eigenvalue weighted by atomic mass is 16.5. The van der Waals surface area contributed by atoms with E-state index in [1.807, 2.05) is 0 Å². The van der Waals surface area contributed by atoms with E-state index in [1.54, 1.807) is 24.5 Å². The molecule has 1 heterocycles. The lowest BCUT2D eigenvalue weighted by molar-refractivity contribution is -0.129. The third-order valence-electron chi connectivity index (χ3n) is 1.86. The first kappa shape index (κ1) is 7.28. The summed E-state index contributed by atoms with van der Waals surface area (Å²) in [6.07, 6.45) is 4.57. The smallest absolute Gasteiger partial charge is 0.140 e. The van der Waals surface area contributed by atoms with Gasteiger partial charge < -0.3 is 4.74 Å². The molecular formula is C9H9NO2. The lowest BCUT2D eigenvalue weighted by atomic mass is 9.94. The van der Waals surface area contributed by atoms with E-state index in [2.05, 4.69) is 4.98 Å². The fraction of sp³-hybridized carbons (Fsp3) is 0.333. The number of pyridine rings is 1. The third-order valence-corrected chi connectivity index (χ3v) is 1.86. The van der Waals surface area contributed by atoms with Gasteiger partial charge in [0.1, 0.15) is 17.6 Å². The number of hydrogen-bond acceptors (Lipinski definition) is 3. The summed E-state index contributed by atoms with van der Waals surface area (Å²) in [5.74, 6) is 1.08. The standard InChI is InChI=1S/C9H9NO2/c11-7-5-9(6-7)12-8-1-3-10-4-2-8/h1-4,9H,5-6H2. The zero-order valence-electron chi connectivity index (χ0n) is 6.56. The van der Waals surface area contributed by atoms with Crippen LogP contribution in [0.4, 0.5) is 0 Å². The predicted octanol–water partition coefficient (Wildman–Crippen LogP) is 1.19. The molecule has 3 heteroatoms. The minimum absolute atomic E-state index is 0.0971. The van der Waals surface area contributed by atoms with Crippen LogP contribution in [0.1, 0.15) is 12.8 Å². The number of ketones is 1. The van der Waals surface area contributed by atoms with E-state index in [0.29, 0.717) is 12.8 Å². The molecule has 1 aromatic rings. The van der Waals surface area contributed by atoms with Gasteiger partial charge in [0.25, 0.3) is 0 Å². The second-order valence-corrected chi connectivity index (χ2v) is 2.87. The summed E-state index contributed by atoms with van der Waals surface area (Å²) in [5, 5.41) is 0. The van der Waals surface area contributed by atoms with Crippen LogP contribution < -0.4 is 4.74 Å². The van der Waals surface area contributed by atoms with Crippen LogP contribution in [0.2, 0.25) is 0 Å². The molecular weight excluding hydrogens is 154 g/mol. The second kappa shape index (κ2) is 2.93. The third kappa shape index (κ3) is 1.44. The summed E-state index contributed by atoms with van der Waals surface area (Å²) in [5.41, 5.74) is 0. The molecule has 1 aromatic heterocycles. The minimum atomic E-state index is 0.0971. The molecule has 1 fully saturated rings. The number of ether oxygens (including phenoxy) is 1. The van der Waals surface area contributed by atoms with Crippen LogP contribution in [0.15, 0.2) is 24.5 Å². The van der Waals surface area contributed by atoms with Crippen molar-refractivity contribution in [3.8, 4) is 5.75 Å². The Labute approximate surface area is 70.4 Å². The molecule has 0 unspecified atom stereocenters. The maximum atomic E-state index is 10.6. The summed E-state index contributed by atoms with van der Waals surface area (Å²) >= 11 is 0. The molecule has 0 radical (unpaired) electrons. The molecule has 0 spiro atoms. The van der Waals surface area contributed by atoms with E-state index in [1.165, 1.54) is 0 Å². The number of aromatic nitrogens is 1. The maximum absolute atomic E-state index is 10.6. The Morgan fingerprint density at radius 1 is 1.33 bits per heavy atom. The van der Waals surface area contributed by atoms with Crippen LogP contribution >= 0.6 is 0 Å². The quantitative estimate of drug-likeness (QED) is 0.657. The van der Waals surface area contributed by atoms with Crippen molar-refractivity contribution < 1.29 is 9.53 Å². The molecule has 0 N–H and O–H groups in total. The maximum Gasteiger partial charge on any atom is 0.140 e. The fourth-order valence-corrected chi connectivity index (χ4v) is 1.14. The predicted molar refractivity (Wildman–Crippen MR) is 42.9 cm³/mol. The van der Waals surface area contributed by atoms with Crippen molar-refractivity contribution in [2.45, 2.75) is 18.9 Å². The number of nitrogens with zero attached hydrogens (tertiary/aromatic N) is 1. The molecule has 1 aliphatic rings. The number of rotatable bonds is 2. The van der Waals surface area contributed by atoms with Crippen molar-refractivity contribution in [2.75, 3.05) is 0 Å². The molecule has 12 heavy (non-hydrogen) atoms. The fourth-order valence-electron chi connectivity index (χ4n) is 1.14. The first-order valence-electron chi connectivity index (χ1n) is 3.93. The van der Waals surface area contributed by atoms with Gasteiger partial charge in [0, 0.05) is 25.2 Å². The zero-order valence-corrected chi connectivity index (χ0v) is 6.56. The highest BCUT2D eigenvalue weighted by Gasteiger charge is 2.27. The highest BCUT2D eigenvalue weighted by molar-refractivity contribution is 5.85. The first-order valence-corrected chi connectivity index (χ1v) is 3.93. The summed E-state index contributed by atoms with van der Waals surface area (Å²) in [7, 11) is 0. The van der Waals surface area contributed by atoms with Gasteiger partial charge >= 0.3 is 0 Å². The number of Topliss-reactive ketones (excluding diaryl/α,β-unsaturated/α-hetero) is 1. The molecule has 3 nitrogen and oxygen atoms in total. The molecule has 1 aliphatic carbocycles. The first-order chi connectivity index (χ1) is 5.84. The molecule has 62 valence electrons. The van der Waals surface area contributed by atoms with Crippen molar-refractivity contribution in [2.24, 2.45) is 0 Å². The number of carbonyl (C=O) groups is 1. The normalized spacial score (nSPS) is 17.2. The second-order valence-electron chi connectivity index (χ2n) is 2.87. The van der Waals surface area contributed by atoms with Gasteiger partial charge in [0.05, 0.1) is 0 Å². The minimum Gasteiger partial charge on any atom is -0.489 e. The van der Waals surface area contributed by atoms with Crippen LogP contribution in [0, 0.1) is 0 Å². The molecule has 0 atom stereocenters. The molecule has 0 aromatic carbocycles. The monoisotopic (exact) mass is 163 g/mol. The van der Waals surface area contributed by atoms with Gasteiger partial charge in [-0.3, -0.25) is 9.78 Å². The van der Waals surface area contributed by atoms with Crippen LogP contribution in [-0.4, -0.2) is 16.9 Å². The average molecular weight is 163 g/mol. The van der Waals surface area contributed by atoms with Crippen LogP contribution in [-0.2, 0) is 4.79 Å². The SMILES string of the molecule is O=C1CC(Oc2ccncc2)C1. The number of hydrogen-bond donors (Lipinski definition) is 0. The van der Waals surface area contributed by atoms with Crippen LogP contribution in [0.5, 0.6) is 5.75 Å². The zero-order chi connectivity index (χ0) is 8.39. The molecule has 0 aliphatic heterocycles. The van der Waals surface area contributed by atoms with Gasteiger partial charge in [0.2, 0.25) is 0 Å². The Morgan fingerprint density at radius 3 is 2.58 bits per heavy atom. The Morgan fingerprint density at radius 2 is 2.00 bits per heavy atom. The van der Waals surface area contributed by atoms with Crippen molar-refractivity contribution in [3.63, 3.8) is 0 Å². The molecule has 0 amide bonds. The Bertz CT molecular complexity index is 276. The summed E-state index contributed by atoms with van der Waals surface area (Å²) in [6, 6.07) is 3.59. The van der Waals surface area contributed by atoms with E-state index in [4.69, 9.17) is 4.74 Å². The van der Waals surface area contributed by atoms with Gasteiger partial charge in [-0.2, -0.15) is 0 Å². The summed E-state index contributed by atoms with van der Waals surface area (Å²) in [4.78, 5) is 14.5. The van der Waals surface area contributed by atoms with Crippen molar-refractivity contribution >= 4 is 5.78 Å². The Balaban J connectivity index is 1.92. The Hall–Kier alpha value is -1.38. The largest absolute Gasteiger partial charge is 0.489 e. The van der Waals surface area contributed by atoms with Gasteiger partial charge in [-0.05, 0) is 12.1 Å². The van der Waals surface area contributed by atoms with Crippen LogP contribution in [0.25, 0.3) is 0 Å². The van der Waals surface area contributed by atoms with Gasteiger partial charge in [-0.25, -0.2) is 0 Å². The number of carbonyl (C=O) groups excluding carboxylic acids is 1. The molecule has 0 saturated heterocycles. The molecule has 2 rings (SSSR count). The lowest BCUT2D eigenvalue weighted by Crippen LogP contribution is -2.33.